The Morgan fingerprint density at radius 1 is 1.43 bits per heavy atom. The maximum Gasteiger partial charge on any atom is 0.264 e. The summed E-state index contributed by atoms with van der Waals surface area (Å²) in [7, 11) is 0. The van der Waals surface area contributed by atoms with Gasteiger partial charge in [-0.05, 0) is 24.3 Å². The summed E-state index contributed by atoms with van der Waals surface area (Å²) in [5.74, 6) is 1.02. The van der Waals surface area contributed by atoms with Crippen LogP contribution in [0.5, 0.6) is 0 Å². The van der Waals surface area contributed by atoms with E-state index in [-0.39, 0.29) is 18.1 Å². The minimum Gasteiger partial charge on any atom is -0.370 e. The number of aromatic nitrogens is 3. The molecule has 4 rings (SSSR count). The first-order chi connectivity index (χ1) is 10.3. The molecule has 21 heavy (non-hydrogen) atoms. The van der Waals surface area contributed by atoms with Gasteiger partial charge in [-0.2, -0.15) is 0 Å². The van der Waals surface area contributed by atoms with E-state index in [1.54, 1.807) is 6.33 Å². The lowest BCUT2D eigenvalue weighted by Crippen LogP contribution is -2.50. The normalized spacial score (nSPS) is 22.5. The molecule has 1 amide bonds. The predicted octanol–water partition coefficient (Wildman–Crippen LogP) is 1.89. The summed E-state index contributed by atoms with van der Waals surface area (Å²) in [6.45, 7) is 2.23. The molecular weight excluding hydrogens is 288 g/mol. The van der Waals surface area contributed by atoms with Crippen LogP contribution in [0.4, 0.5) is 0 Å². The van der Waals surface area contributed by atoms with E-state index < -0.39 is 0 Å². The molecule has 7 heteroatoms. The number of likely N-dealkylation sites (tertiary alicyclic amines) is 1. The van der Waals surface area contributed by atoms with Gasteiger partial charge in [0.15, 0.2) is 5.82 Å². The van der Waals surface area contributed by atoms with Gasteiger partial charge in [-0.25, -0.2) is 0 Å². The van der Waals surface area contributed by atoms with Crippen molar-refractivity contribution in [3.63, 3.8) is 0 Å². The lowest BCUT2D eigenvalue weighted by molar-refractivity contribution is 0.0488. The predicted molar refractivity (Wildman–Crippen MR) is 77.2 cm³/mol. The van der Waals surface area contributed by atoms with Crippen molar-refractivity contribution in [1.29, 1.82) is 0 Å². The van der Waals surface area contributed by atoms with Crippen molar-refractivity contribution in [3.8, 4) is 0 Å². The lowest BCUT2D eigenvalue weighted by atomic mass is 10.1. The van der Waals surface area contributed by atoms with Gasteiger partial charge in [-0.1, -0.05) is 6.07 Å². The van der Waals surface area contributed by atoms with E-state index in [9.17, 15) is 4.79 Å². The summed E-state index contributed by atoms with van der Waals surface area (Å²) in [5.41, 5.74) is 0. The molecule has 0 N–H and O–H groups in total. The smallest absolute Gasteiger partial charge is 0.264 e. The summed E-state index contributed by atoms with van der Waals surface area (Å²) in [4.78, 5) is 14.9. The minimum atomic E-state index is 0.0644. The second-order valence-corrected chi connectivity index (χ2v) is 6.39. The summed E-state index contributed by atoms with van der Waals surface area (Å²) in [5, 5.41) is 10.2. The second kappa shape index (κ2) is 5.23. The number of carbonyl (C=O) groups excluding carboxylic acids is 1. The van der Waals surface area contributed by atoms with Crippen LogP contribution in [0.15, 0.2) is 23.8 Å². The molecule has 2 aliphatic heterocycles. The lowest BCUT2D eigenvalue weighted by Gasteiger charge is -2.40. The van der Waals surface area contributed by atoms with Crippen LogP contribution in [-0.4, -0.2) is 45.3 Å². The molecule has 0 aliphatic carbocycles. The first kappa shape index (κ1) is 13.0. The van der Waals surface area contributed by atoms with Crippen molar-refractivity contribution >= 4 is 17.2 Å². The van der Waals surface area contributed by atoms with Crippen molar-refractivity contribution in [1.82, 2.24) is 19.7 Å². The monoisotopic (exact) mass is 304 g/mol. The Bertz CT molecular complexity index is 627. The topological polar surface area (TPSA) is 60.2 Å². The Labute approximate surface area is 126 Å². The molecule has 1 unspecified atom stereocenters. The molecule has 2 aromatic heterocycles. The van der Waals surface area contributed by atoms with E-state index in [0.29, 0.717) is 13.1 Å². The molecule has 0 saturated carbocycles. The van der Waals surface area contributed by atoms with Crippen molar-refractivity contribution in [3.05, 3.63) is 34.5 Å². The highest BCUT2D eigenvalue weighted by Crippen LogP contribution is 2.31. The number of carbonyl (C=O) groups is 1. The highest BCUT2D eigenvalue weighted by molar-refractivity contribution is 7.12. The highest BCUT2D eigenvalue weighted by atomic mass is 32.1. The average Bonchev–Trinajstić information content (AvgIpc) is 3.19. The molecule has 4 heterocycles. The number of nitrogens with zero attached hydrogens (tertiary/aromatic N) is 4. The Kier molecular flexibility index (Phi) is 3.23. The van der Waals surface area contributed by atoms with E-state index in [1.165, 1.54) is 11.3 Å². The summed E-state index contributed by atoms with van der Waals surface area (Å²) in [6.07, 6.45) is 3.90. The zero-order chi connectivity index (χ0) is 14.2. The third kappa shape index (κ3) is 2.26. The van der Waals surface area contributed by atoms with Crippen LogP contribution in [0.25, 0.3) is 0 Å². The molecule has 2 saturated heterocycles. The zero-order valence-electron chi connectivity index (χ0n) is 11.5. The first-order valence-corrected chi connectivity index (χ1v) is 8.04. The second-order valence-electron chi connectivity index (χ2n) is 5.44. The molecule has 2 fully saturated rings. The van der Waals surface area contributed by atoms with Gasteiger partial charge >= 0.3 is 0 Å². The molecular formula is C14H16N4O2S. The number of hydrogen-bond donors (Lipinski definition) is 0. The molecule has 0 radical (unpaired) electrons. The maximum atomic E-state index is 12.2. The number of thiophene rings is 1. The molecule has 0 spiro atoms. The number of amides is 1. The van der Waals surface area contributed by atoms with Crippen molar-refractivity contribution in [2.45, 2.75) is 25.0 Å². The SMILES string of the molecule is O=C(c1cccs1)N1CC(n2cnnc2C2CCCO2)C1. The molecule has 2 aromatic rings. The van der Waals surface area contributed by atoms with E-state index in [0.717, 1.165) is 30.2 Å². The molecule has 110 valence electrons. The third-order valence-corrected chi connectivity index (χ3v) is 4.95. The van der Waals surface area contributed by atoms with E-state index in [4.69, 9.17) is 4.74 Å². The van der Waals surface area contributed by atoms with Crippen LogP contribution < -0.4 is 0 Å². The van der Waals surface area contributed by atoms with Gasteiger partial charge in [0.05, 0.1) is 10.9 Å². The van der Waals surface area contributed by atoms with Gasteiger partial charge in [0, 0.05) is 19.7 Å². The van der Waals surface area contributed by atoms with Gasteiger partial charge in [0.2, 0.25) is 0 Å². The van der Waals surface area contributed by atoms with Gasteiger partial charge in [-0.15, -0.1) is 21.5 Å². The van der Waals surface area contributed by atoms with Crippen LogP contribution in [0.3, 0.4) is 0 Å². The fourth-order valence-electron chi connectivity index (χ4n) is 2.90. The minimum absolute atomic E-state index is 0.0644. The first-order valence-electron chi connectivity index (χ1n) is 7.16. The average molecular weight is 304 g/mol. The maximum absolute atomic E-state index is 12.2. The summed E-state index contributed by atoms with van der Waals surface area (Å²) < 4.78 is 7.77. The Morgan fingerprint density at radius 2 is 2.33 bits per heavy atom. The number of hydrogen-bond acceptors (Lipinski definition) is 5. The zero-order valence-corrected chi connectivity index (χ0v) is 12.3. The largest absolute Gasteiger partial charge is 0.370 e. The van der Waals surface area contributed by atoms with Gasteiger partial charge in [0.1, 0.15) is 12.4 Å². The molecule has 2 aliphatic rings. The highest BCUT2D eigenvalue weighted by Gasteiger charge is 2.35. The molecule has 1 atom stereocenters. The fourth-order valence-corrected chi connectivity index (χ4v) is 3.59. The van der Waals surface area contributed by atoms with Gasteiger partial charge < -0.3 is 14.2 Å². The quantitative estimate of drug-likeness (QED) is 0.869. The van der Waals surface area contributed by atoms with Gasteiger partial charge in [-0.3, -0.25) is 4.79 Å². The van der Waals surface area contributed by atoms with Crippen LogP contribution in [0.2, 0.25) is 0 Å². The molecule has 0 aromatic carbocycles. The van der Waals surface area contributed by atoms with Crippen LogP contribution in [0, 0.1) is 0 Å². The Hall–Kier alpha value is -1.73. The number of rotatable bonds is 3. The van der Waals surface area contributed by atoms with E-state index in [2.05, 4.69) is 14.8 Å². The van der Waals surface area contributed by atoms with Crippen LogP contribution in [0.1, 0.15) is 40.5 Å². The number of ether oxygens (including phenoxy) is 1. The summed E-state index contributed by atoms with van der Waals surface area (Å²) in [6, 6.07) is 4.05. The third-order valence-electron chi connectivity index (χ3n) is 4.09. The molecule has 6 nitrogen and oxygen atoms in total. The Morgan fingerprint density at radius 3 is 3.05 bits per heavy atom. The van der Waals surface area contributed by atoms with Crippen LogP contribution >= 0.6 is 11.3 Å². The van der Waals surface area contributed by atoms with Gasteiger partial charge in [0.25, 0.3) is 5.91 Å². The standard InChI is InChI=1S/C14H16N4O2S/c19-14(12-4-2-6-21-12)17-7-10(8-17)18-9-15-16-13(18)11-3-1-5-20-11/h2,4,6,9-11H,1,3,5,7-8H2. The Balaban J connectivity index is 1.44. The van der Waals surface area contributed by atoms with E-state index >= 15 is 0 Å². The van der Waals surface area contributed by atoms with E-state index in [1.807, 2.05) is 22.4 Å². The van der Waals surface area contributed by atoms with Crippen molar-refractivity contribution in [2.75, 3.05) is 19.7 Å². The molecule has 0 bridgehead atoms. The fraction of sp³-hybridized carbons (Fsp3) is 0.500. The summed E-state index contributed by atoms with van der Waals surface area (Å²) >= 11 is 1.49. The van der Waals surface area contributed by atoms with Crippen molar-refractivity contribution < 1.29 is 9.53 Å². The van der Waals surface area contributed by atoms with Crippen molar-refractivity contribution in [2.24, 2.45) is 0 Å². The van der Waals surface area contributed by atoms with Crippen LogP contribution in [-0.2, 0) is 4.74 Å².